The van der Waals surface area contributed by atoms with Gasteiger partial charge in [-0.3, -0.25) is 19.2 Å². The second kappa shape index (κ2) is 25.1. The Labute approximate surface area is 387 Å². The highest BCUT2D eigenvalue weighted by Crippen LogP contribution is 2.38. The van der Waals surface area contributed by atoms with Gasteiger partial charge in [0.05, 0.1) is 30.5 Å². The minimum Gasteiger partial charge on any atom is -0.460 e. The highest BCUT2D eigenvalue weighted by molar-refractivity contribution is 6.39. The number of cyclic esters (lactones) is 1. The summed E-state index contributed by atoms with van der Waals surface area (Å²) in [6.07, 6.45) is 11.2. The maximum atomic E-state index is 14.4. The van der Waals surface area contributed by atoms with Gasteiger partial charge in [0.15, 0.2) is 11.6 Å². The highest BCUT2D eigenvalue weighted by Gasteiger charge is 2.53. The Bertz CT molecular complexity index is 1760. The summed E-state index contributed by atoms with van der Waals surface area (Å²) in [4.78, 5) is 71.7. The number of allylic oxidation sites excluding steroid dienone is 6. The minimum atomic E-state index is -2.43. The van der Waals surface area contributed by atoms with Crippen LogP contribution in [0.2, 0.25) is 0 Å². The lowest BCUT2D eigenvalue weighted by atomic mass is 9.78. The average molecular weight is 914 g/mol. The van der Waals surface area contributed by atoms with Crippen LogP contribution in [0.15, 0.2) is 47.6 Å². The number of ketones is 3. The number of hydrogen-bond acceptors (Lipinski definition) is 13. The molecule has 15 atom stereocenters. The molecular formula is C51H79NO13. The van der Waals surface area contributed by atoms with Crippen LogP contribution >= 0.6 is 0 Å². The van der Waals surface area contributed by atoms with Crippen LogP contribution in [0.25, 0.3) is 0 Å². The van der Waals surface area contributed by atoms with Gasteiger partial charge in [-0.1, -0.05) is 71.1 Å². The van der Waals surface area contributed by atoms with Crippen molar-refractivity contribution in [2.75, 3.05) is 27.9 Å². The van der Waals surface area contributed by atoms with E-state index in [-0.39, 0.29) is 54.8 Å². The number of carbonyl (C=O) groups is 5. The van der Waals surface area contributed by atoms with Crippen LogP contribution in [0.3, 0.4) is 0 Å². The van der Waals surface area contributed by atoms with Crippen molar-refractivity contribution in [3.63, 3.8) is 0 Å². The van der Waals surface area contributed by atoms with Crippen LogP contribution in [0.1, 0.15) is 126 Å². The molecule has 366 valence electrons. The third-order valence-corrected chi connectivity index (χ3v) is 14.5. The lowest BCUT2D eigenvalue weighted by Gasteiger charge is -2.42. The SMILES string of the molecule is CO[C@H]1C[C@@H]2CC[C@@H](C)[C@@](O)(O2)C(=O)C(=O)N2CCCCC2C(=O)OC([C@H](C)CC2CC[C@@H](O)[C@H](OC)C2)CC(=O)C(C)=CC(C)C(O)[C@@H](OC)C(=O)[C@H](C)C[C@H](C)C=CC=CC=C1C. The molecule has 2 saturated heterocycles. The molecule has 4 rings (SSSR count). The third-order valence-electron chi connectivity index (χ3n) is 14.5. The number of rotatable bonds is 6. The molecule has 14 nitrogen and oxygen atoms in total. The number of nitrogens with zero attached hydrogens (tertiary/aromatic N) is 1. The van der Waals surface area contributed by atoms with Gasteiger partial charge < -0.3 is 43.9 Å². The molecule has 0 radical (unpaired) electrons. The van der Waals surface area contributed by atoms with Gasteiger partial charge in [0.25, 0.3) is 11.7 Å². The Hall–Kier alpha value is -3.37. The predicted octanol–water partition coefficient (Wildman–Crippen LogP) is 6.18. The van der Waals surface area contributed by atoms with Gasteiger partial charge in [-0.2, -0.15) is 0 Å². The number of fused-ring (bicyclic) bond motifs is 3. The van der Waals surface area contributed by atoms with Crippen LogP contribution in [-0.2, 0) is 47.7 Å². The van der Waals surface area contributed by atoms with Crippen LogP contribution < -0.4 is 0 Å². The van der Waals surface area contributed by atoms with Crippen molar-refractivity contribution < 1.29 is 63.0 Å². The number of ether oxygens (including phenoxy) is 5. The molecule has 1 saturated carbocycles. The van der Waals surface area contributed by atoms with Crippen LogP contribution in [-0.4, -0.2) is 132 Å². The van der Waals surface area contributed by atoms with Crippen LogP contribution in [0.5, 0.6) is 0 Å². The van der Waals surface area contributed by atoms with Gasteiger partial charge in [0, 0.05) is 58.5 Å². The fraction of sp³-hybridized carbons (Fsp3) is 0.745. The topological polar surface area (TPSA) is 195 Å². The van der Waals surface area contributed by atoms with Crippen LogP contribution in [0.4, 0.5) is 0 Å². The third kappa shape index (κ3) is 14.3. The molecule has 1 amide bonds. The van der Waals surface area contributed by atoms with Crippen LogP contribution in [0, 0.1) is 35.5 Å². The van der Waals surface area contributed by atoms with Crippen molar-refractivity contribution in [2.24, 2.45) is 35.5 Å². The molecule has 3 N–H and O–H groups in total. The fourth-order valence-electron chi connectivity index (χ4n) is 10.1. The molecule has 3 aliphatic heterocycles. The number of esters is 1. The number of piperidine rings is 1. The first-order valence-corrected chi connectivity index (χ1v) is 23.9. The molecule has 0 aromatic heterocycles. The van der Waals surface area contributed by atoms with Gasteiger partial charge in [-0.05, 0) is 107 Å². The Balaban J connectivity index is 1.70. The number of hydrogen-bond donors (Lipinski definition) is 3. The molecule has 2 bridgehead atoms. The lowest BCUT2D eigenvalue weighted by molar-refractivity contribution is -0.265. The molecule has 0 aromatic carbocycles. The van der Waals surface area contributed by atoms with Crippen molar-refractivity contribution >= 4 is 29.2 Å². The number of aliphatic hydroxyl groups excluding tert-OH is 2. The van der Waals surface area contributed by atoms with E-state index in [1.807, 2.05) is 58.1 Å². The van der Waals surface area contributed by atoms with E-state index in [2.05, 4.69) is 0 Å². The van der Waals surface area contributed by atoms with E-state index in [9.17, 15) is 39.3 Å². The van der Waals surface area contributed by atoms with E-state index in [0.29, 0.717) is 63.4 Å². The summed E-state index contributed by atoms with van der Waals surface area (Å²) < 4.78 is 29.4. The zero-order valence-electron chi connectivity index (χ0n) is 40.6. The second-order valence-electron chi connectivity index (χ2n) is 19.6. The Morgan fingerprint density at radius 2 is 1.58 bits per heavy atom. The number of aliphatic hydroxyl groups is 3. The number of methoxy groups -OCH3 is 3. The van der Waals surface area contributed by atoms with E-state index >= 15 is 0 Å². The van der Waals surface area contributed by atoms with Gasteiger partial charge in [0.2, 0.25) is 5.79 Å². The Kier molecular flexibility index (Phi) is 21.0. The van der Waals surface area contributed by atoms with Gasteiger partial charge in [0.1, 0.15) is 18.2 Å². The quantitative estimate of drug-likeness (QED) is 0.202. The largest absolute Gasteiger partial charge is 0.460 e. The second-order valence-corrected chi connectivity index (χ2v) is 19.6. The Morgan fingerprint density at radius 3 is 2.26 bits per heavy atom. The normalized spacial score (nSPS) is 37.8. The Morgan fingerprint density at radius 1 is 0.862 bits per heavy atom. The van der Waals surface area contributed by atoms with Crippen molar-refractivity contribution in [1.29, 1.82) is 0 Å². The molecule has 0 spiro atoms. The summed E-state index contributed by atoms with van der Waals surface area (Å²) in [5.41, 5.74) is 1.19. The molecule has 4 aliphatic rings. The summed E-state index contributed by atoms with van der Waals surface area (Å²) in [5, 5.41) is 33.9. The van der Waals surface area contributed by atoms with Gasteiger partial charge >= 0.3 is 5.97 Å². The molecule has 5 unspecified atom stereocenters. The smallest absolute Gasteiger partial charge is 0.329 e. The fourth-order valence-corrected chi connectivity index (χ4v) is 10.1. The highest BCUT2D eigenvalue weighted by atomic mass is 16.6. The molecule has 0 aromatic rings. The first-order chi connectivity index (χ1) is 30.7. The predicted molar refractivity (Wildman–Crippen MR) is 245 cm³/mol. The molecule has 3 heterocycles. The van der Waals surface area contributed by atoms with Crippen molar-refractivity contribution in [3.05, 3.63) is 47.6 Å². The van der Waals surface area contributed by atoms with Crippen molar-refractivity contribution in [1.82, 2.24) is 4.90 Å². The maximum absolute atomic E-state index is 14.4. The number of amides is 1. The van der Waals surface area contributed by atoms with Crippen molar-refractivity contribution in [3.8, 4) is 0 Å². The first-order valence-electron chi connectivity index (χ1n) is 23.9. The number of Topliss-reactive ketones (excluding diaryl/α,β-unsaturated/α-hetero) is 3. The molecule has 65 heavy (non-hydrogen) atoms. The maximum Gasteiger partial charge on any atom is 0.329 e. The van der Waals surface area contributed by atoms with Crippen molar-refractivity contribution in [2.45, 2.75) is 180 Å². The zero-order valence-corrected chi connectivity index (χ0v) is 40.6. The summed E-state index contributed by atoms with van der Waals surface area (Å²) >= 11 is 0. The van der Waals surface area contributed by atoms with E-state index in [1.165, 1.54) is 12.0 Å². The monoisotopic (exact) mass is 914 g/mol. The molecule has 3 fully saturated rings. The van der Waals surface area contributed by atoms with Gasteiger partial charge in [-0.25, -0.2) is 4.79 Å². The summed E-state index contributed by atoms with van der Waals surface area (Å²) in [7, 11) is 4.53. The minimum absolute atomic E-state index is 0.0220. The van der Waals surface area contributed by atoms with E-state index in [4.69, 9.17) is 23.7 Å². The standard InChI is InChI=1S/C51H79NO13/c1-30-16-12-11-13-17-31(2)42(61-8)28-38-21-19-36(7)51(60,65-38)48(57)49(58)52-23-15-14-18-39(52)50(59)64-43(33(4)26-37-20-22-40(53)44(27-37)62-9)29-41(54)32(3)25-35(6)46(56)47(63-10)45(55)34(5)24-30/h11-13,16-17,25,30,33-40,42-44,46-47,53,56,60H,14-15,18-24,26-29H2,1-10H3/t30-,33-,34-,35?,36-,37?,38+,39?,40-,42+,43?,44-,46?,47+,51-/m1/s1. The van der Waals surface area contributed by atoms with E-state index in [1.54, 1.807) is 41.1 Å². The first kappa shape index (κ1) is 54.2. The number of carbonyl (C=O) groups excluding carboxylic acids is 5. The van der Waals surface area contributed by atoms with E-state index in [0.717, 1.165) is 12.0 Å². The lowest BCUT2D eigenvalue weighted by Crippen LogP contribution is -2.61. The summed E-state index contributed by atoms with van der Waals surface area (Å²) in [6.45, 7) is 12.7. The molecular weight excluding hydrogens is 835 g/mol. The van der Waals surface area contributed by atoms with E-state index < -0.39 is 83.9 Å². The molecule has 14 heteroatoms. The molecule has 1 aliphatic carbocycles. The van der Waals surface area contributed by atoms with Gasteiger partial charge in [-0.15, -0.1) is 0 Å². The average Bonchev–Trinajstić information content (AvgIpc) is 3.28. The zero-order chi connectivity index (χ0) is 48.2. The summed E-state index contributed by atoms with van der Waals surface area (Å²) in [5.74, 6) is -7.93. The summed E-state index contributed by atoms with van der Waals surface area (Å²) in [6, 6.07) is -1.14.